The maximum Gasteiger partial charge on any atom is 0.322 e. The van der Waals surface area contributed by atoms with E-state index in [2.05, 4.69) is 33.4 Å². The number of carbonyl (C=O) groups is 1. The Balaban J connectivity index is 1.75. The monoisotopic (exact) mass is 466 g/mol. The number of amides is 2. The van der Waals surface area contributed by atoms with Crippen molar-refractivity contribution in [3.8, 4) is 11.5 Å². The molecule has 3 aromatic carbocycles. The molecule has 0 saturated carbocycles. The zero-order valence-electron chi connectivity index (χ0n) is 16.9. The van der Waals surface area contributed by atoms with Crippen LogP contribution in [0.25, 0.3) is 0 Å². The molecule has 1 N–H and O–H groups in total. The number of rotatable bonds is 4. The molecule has 1 unspecified atom stereocenters. The molecule has 0 bridgehead atoms. The van der Waals surface area contributed by atoms with E-state index in [1.54, 1.807) is 14.2 Å². The van der Waals surface area contributed by atoms with Gasteiger partial charge < -0.3 is 19.7 Å². The number of nitrogens with zero attached hydrogens (tertiary/aromatic N) is 1. The van der Waals surface area contributed by atoms with Gasteiger partial charge in [-0.25, -0.2) is 4.79 Å². The number of methoxy groups -OCH3 is 2. The highest BCUT2D eigenvalue weighted by Crippen LogP contribution is 2.41. The van der Waals surface area contributed by atoms with Gasteiger partial charge in [-0.1, -0.05) is 52.3 Å². The average Bonchev–Trinajstić information content (AvgIpc) is 2.77. The van der Waals surface area contributed by atoms with E-state index < -0.39 is 0 Å². The van der Waals surface area contributed by atoms with Gasteiger partial charge in [-0.3, -0.25) is 0 Å². The van der Waals surface area contributed by atoms with Crippen molar-refractivity contribution in [3.05, 3.63) is 87.9 Å². The minimum absolute atomic E-state index is 0.137. The number of urea groups is 1. The first kappa shape index (κ1) is 20.3. The topological polar surface area (TPSA) is 50.8 Å². The van der Waals surface area contributed by atoms with E-state index in [1.165, 1.54) is 0 Å². The molecule has 0 radical (unpaired) electrons. The molecule has 2 amide bonds. The summed E-state index contributed by atoms with van der Waals surface area (Å²) in [6, 6.07) is 21.3. The molecule has 0 saturated heterocycles. The molecule has 1 aliphatic rings. The second kappa shape index (κ2) is 8.79. The van der Waals surface area contributed by atoms with Gasteiger partial charge in [-0.15, -0.1) is 0 Å². The second-order valence-electron chi connectivity index (χ2n) is 7.10. The number of halogens is 1. The van der Waals surface area contributed by atoms with Crippen LogP contribution in [-0.4, -0.2) is 31.7 Å². The Labute approximate surface area is 184 Å². The van der Waals surface area contributed by atoms with Crippen molar-refractivity contribution in [2.45, 2.75) is 12.5 Å². The van der Waals surface area contributed by atoms with E-state index in [0.717, 1.165) is 33.3 Å². The summed E-state index contributed by atoms with van der Waals surface area (Å²) in [5, 5.41) is 3.04. The summed E-state index contributed by atoms with van der Waals surface area (Å²) in [7, 11) is 3.27. The lowest BCUT2D eigenvalue weighted by atomic mass is 9.88. The van der Waals surface area contributed by atoms with Gasteiger partial charge >= 0.3 is 6.03 Å². The van der Waals surface area contributed by atoms with Crippen molar-refractivity contribution in [3.63, 3.8) is 0 Å². The third-order valence-corrected chi connectivity index (χ3v) is 5.82. The molecule has 154 valence electrons. The number of nitrogens with one attached hydrogen (secondary N) is 1. The Hall–Kier alpha value is -2.99. The van der Waals surface area contributed by atoms with Crippen LogP contribution in [0.4, 0.5) is 10.5 Å². The lowest BCUT2D eigenvalue weighted by Crippen LogP contribution is -2.43. The summed E-state index contributed by atoms with van der Waals surface area (Å²) >= 11 is 3.46. The van der Waals surface area contributed by atoms with Gasteiger partial charge in [0, 0.05) is 16.7 Å². The number of fused-ring (bicyclic) bond motifs is 1. The summed E-state index contributed by atoms with van der Waals surface area (Å²) in [6.07, 6.45) is 0.741. The Morgan fingerprint density at radius 2 is 1.73 bits per heavy atom. The van der Waals surface area contributed by atoms with Gasteiger partial charge in [0.15, 0.2) is 11.5 Å². The first-order valence-corrected chi connectivity index (χ1v) is 10.5. The fourth-order valence-electron chi connectivity index (χ4n) is 3.92. The van der Waals surface area contributed by atoms with Gasteiger partial charge in [-0.05, 0) is 53.4 Å². The van der Waals surface area contributed by atoms with E-state index in [0.29, 0.717) is 18.0 Å². The number of anilines is 1. The summed E-state index contributed by atoms with van der Waals surface area (Å²) in [4.78, 5) is 15.2. The van der Waals surface area contributed by atoms with Gasteiger partial charge in [-0.2, -0.15) is 0 Å². The minimum Gasteiger partial charge on any atom is -0.493 e. The lowest BCUT2D eigenvalue weighted by molar-refractivity contribution is 0.193. The second-order valence-corrected chi connectivity index (χ2v) is 8.02. The Bertz CT molecular complexity index is 1060. The molecule has 3 aromatic rings. The van der Waals surface area contributed by atoms with Crippen molar-refractivity contribution in [2.75, 3.05) is 26.1 Å². The molecule has 6 heteroatoms. The maximum absolute atomic E-state index is 13.3. The number of carbonyl (C=O) groups excluding carboxylic acids is 1. The van der Waals surface area contributed by atoms with Gasteiger partial charge in [0.05, 0.1) is 20.3 Å². The zero-order chi connectivity index (χ0) is 21.1. The van der Waals surface area contributed by atoms with Crippen LogP contribution in [0.15, 0.2) is 71.2 Å². The fourth-order valence-corrected chi connectivity index (χ4v) is 4.32. The SMILES string of the molecule is COc1cc2c(cc1OC)C(c1ccccc1)N(C(=O)Nc1cccc(Br)c1)CC2. The Morgan fingerprint density at radius 3 is 2.43 bits per heavy atom. The standard InChI is InChI=1S/C24H23BrN2O3/c1-29-21-13-17-11-12-27(24(28)26-19-10-6-9-18(25)14-19)23(16-7-4-3-5-8-16)20(17)15-22(21)30-2/h3-10,13-15,23H,11-12H2,1-2H3,(H,26,28). The number of benzene rings is 3. The van der Waals surface area contributed by atoms with Crippen molar-refractivity contribution < 1.29 is 14.3 Å². The summed E-state index contributed by atoms with van der Waals surface area (Å²) in [6.45, 7) is 0.599. The molecule has 1 heterocycles. The predicted molar refractivity (Wildman–Crippen MR) is 121 cm³/mol. The third kappa shape index (κ3) is 4.00. The van der Waals surface area contributed by atoms with Crippen molar-refractivity contribution in [1.82, 2.24) is 4.90 Å². The highest BCUT2D eigenvalue weighted by atomic mass is 79.9. The Morgan fingerprint density at radius 1 is 1.00 bits per heavy atom. The molecule has 0 aliphatic carbocycles. The smallest absolute Gasteiger partial charge is 0.322 e. The van der Waals surface area contributed by atoms with Gasteiger partial charge in [0.2, 0.25) is 0 Å². The van der Waals surface area contributed by atoms with Crippen molar-refractivity contribution in [1.29, 1.82) is 0 Å². The van der Waals surface area contributed by atoms with Gasteiger partial charge in [0.25, 0.3) is 0 Å². The Kier molecular flexibility index (Phi) is 5.95. The highest BCUT2D eigenvalue weighted by molar-refractivity contribution is 9.10. The van der Waals surface area contributed by atoms with Gasteiger partial charge in [0.1, 0.15) is 0 Å². The largest absolute Gasteiger partial charge is 0.493 e. The van der Waals surface area contributed by atoms with E-state index >= 15 is 0 Å². The van der Waals surface area contributed by atoms with E-state index in [9.17, 15) is 4.79 Å². The predicted octanol–water partition coefficient (Wildman–Crippen LogP) is 5.65. The molecule has 4 rings (SSSR count). The molecule has 0 aromatic heterocycles. The van der Waals surface area contributed by atoms with E-state index in [4.69, 9.17) is 9.47 Å². The fraction of sp³-hybridized carbons (Fsp3) is 0.208. The molecule has 0 fully saturated rings. The number of hydrogen-bond acceptors (Lipinski definition) is 3. The van der Waals surface area contributed by atoms with E-state index in [1.807, 2.05) is 59.5 Å². The van der Waals surface area contributed by atoms with Crippen LogP contribution in [0.1, 0.15) is 22.7 Å². The molecular formula is C24H23BrN2O3. The normalized spacial score (nSPS) is 15.3. The number of ether oxygens (including phenoxy) is 2. The van der Waals surface area contributed by atoms with E-state index in [-0.39, 0.29) is 12.1 Å². The quantitative estimate of drug-likeness (QED) is 0.540. The molecule has 30 heavy (non-hydrogen) atoms. The van der Waals surface area contributed by atoms with Crippen LogP contribution in [-0.2, 0) is 6.42 Å². The summed E-state index contributed by atoms with van der Waals surface area (Å²) in [5.74, 6) is 1.36. The van der Waals surface area contributed by atoms with Crippen LogP contribution in [0, 0.1) is 0 Å². The van der Waals surface area contributed by atoms with Crippen LogP contribution in [0.3, 0.4) is 0 Å². The molecule has 1 atom stereocenters. The summed E-state index contributed by atoms with van der Waals surface area (Å²) < 4.78 is 11.9. The van der Waals surface area contributed by atoms with Crippen molar-refractivity contribution >= 4 is 27.6 Å². The lowest BCUT2D eigenvalue weighted by Gasteiger charge is -2.38. The maximum atomic E-state index is 13.3. The van der Waals surface area contributed by atoms with Crippen LogP contribution in [0.5, 0.6) is 11.5 Å². The number of hydrogen-bond donors (Lipinski definition) is 1. The minimum atomic E-state index is -0.220. The molecule has 0 spiro atoms. The highest BCUT2D eigenvalue weighted by Gasteiger charge is 2.33. The van der Waals surface area contributed by atoms with Crippen molar-refractivity contribution in [2.24, 2.45) is 0 Å². The molecule has 1 aliphatic heterocycles. The van der Waals surface area contributed by atoms with Crippen LogP contribution >= 0.6 is 15.9 Å². The molecular weight excluding hydrogens is 444 g/mol. The average molecular weight is 467 g/mol. The third-order valence-electron chi connectivity index (χ3n) is 5.33. The zero-order valence-corrected chi connectivity index (χ0v) is 18.5. The summed E-state index contributed by atoms with van der Waals surface area (Å²) in [5.41, 5.74) is 4.01. The first-order valence-electron chi connectivity index (χ1n) is 9.73. The van der Waals surface area contributed by atoms with Crippen LogP contribution < -0.4 is 14.8 Å². The first-order chi connectivity index (χ1) is 14.6. The molecule has 5 nitrogen and oxygen atoms in total. The van der Waals surface area contributed by atoms with Crippen LogP contribution in [0.2, 0.25) is 0 Å².